The van der Waals surface area contributed by atoms with Gasteiger partial charge in [-0.15, -0.1) is 5.10 Å². The number of nitrogens with one attached hydrogen (secondary N) is 2. The molecule has 9 nitrogen and oxygen atoms in total. The van der Waals surface area contributed by atoms with Gasteiger partial charge in [0, 0.05) is 30.3 Å². The van der Waals surface area contributed by atoms with Crippen LogP contribution < -0.4 is 20.7 Å². The molecule has 4 N–H and O–H groups in total. The van der Waals surface area contributed by atoms with Crippen molar-refractivity contribution in [2.45, 2.75) is 25.5 Å². The molecule has 0 bridgehead atoms. The van der Waals surface area contributed by atoms with Crippen LogP contribution in [0.2, 0.25) is 0 Å². The highest BCUT2D eigenvalue weighted by Crippen LogP contribution is 2.33. The molecule has 2 atom stereocenters. The molecule has 0 unspecified atom stereocenters. The van der Waals surface area contributed by atoms with Crippen molar-refractivity contribution in [2.75, 3.05) is 17.7 Å². The van der Waals surface area contributed by atoms with Crippen LogP contribution in [0, 0.1) is 11.8 Å². The van der Waals surface area contributed by atoms with Crippen LogP contribution in [0.15, 0.2) is 72.8 Å². The molecule has 1 aromatic heterocycles. The van der Waals surface area contributed by atoms with Crippen LogP contribution in [-0.2, 0) is 11.2 Å². The first-order valence-electron chi connectivity index (χ1n) is 12.1. The number of likely N-dealkylation sites (N-methyl/N-ethyl adjacent to an activating group) is 1. The average Bonchev–Trinajstić information content (AvgIpc) is 3.36. The lowest BCUT2D eigenvalue weighted by molar-refractivity contribution is -0.121. The maximum absolute atomic E-state index is 13.4. The van der Waals surface area contributed by atoms with Crippen LogP contribution in [0.25, 0.3) is 0 Å². The second kappa shape index (κ2) is 10.5. The quantitative estimate of drug-likeness (QED) is 0.289. The summed E-state index contributed by atoms with van der Waals surface area (Å²) < 4.78 is 6.07. The van der Waals surface area contributed by atoms with Gasteiger partial charge in [-0.2, -0.15) is 0 Å². The highest BCUT2D eigenvalue weighted by molar-refractivity contribution is 6.02. The maximum atomic E-state index is 13.4. The molecule has 0 spiro atoms. The van der Waals surface area contributed by atoms with Gasteiger partial charge in [-0.3, -0.25) is 14.7 Å². The van der Waals surface area contributed by atoms with Crippen molar-refractivity contribution in [1.82, 2.24) is 20.5 Å². The van der Waals surface area contributed by atoms with Crippen molar-refractivity contribution in [3.63, 3.8) is 0 Å². The van der Waals surface area contributed by atoms with Gasteiger partial charge in [0.15, 0.2) is 0 Å². The fourth-order valence-electron chi connectivity index (χ4n) is 4.16. The molecule has 0 aliphatic carbocycles. The van der Waals surface area contributed by atoms with Crippen LogP contribution in [0.5, 0.6) is 5.75 Å². The molecule has 1 aliphatic rings. The van der Waals surface area contributed by atoms with E-state index in [9.17, 15) is 9.59 Å². The fraction of sp³-hybridized carbons (Fsp3) is 0.172. The summed E-state index contributed by atoms with van der Waals surface area (Å²) in [6, 6.07) is 21.5. The third kappa shape index (κ3) is 5.34. The summed E-state index contributed by atoms with van der Waals surface area (Å²) >= 11 is 0. The Kier molecular flexibility index (Phi) is 6.78. The van der Waals surface area contributed by atoms with E-state index in [0.717, 1.165) is 11.1 Å². The smallest absolute Gasteiger partial charge is 0.291 e. The molecule has 0 saturated carbocycles. The number of nitrogens with zero attached hydrogens (tertiary/aromatic N) is 3. The maximum Gasteiger partial charge on any atom is 0.291 e. The Bertz CT molecular complexity index is 1550. The Morgan fingerprint density at radius 3 is 2.61 bits per heavy atom. The fourth-order valence-corrected chi connectivity index (χ4v) is 4.16. The van der Waals surface area contributed by atoms with E-state index in [1.807, 2.05) is 48.5 Å². The Morgan fingerprint density at radius 1 is 1.08 bits per heavy atom. The molecular weight excluding hydrogens is 480 g/mol. The van der Waals surface area contributed by atoms with Crippen molar-refractivity contribution >= 4 is 23.2 Å². The van der Waals surface area contributed by atoms with Crippen LogP contribution in [0.4, 0.5) is 11.4 Å². The minimum absolute atomic E-state index is 0.0422. The first-order chi connectivity index (χ1) is 18.4. The summed E-state index contributed by atoms with van der Waals surface area (Å²) in [5.74, 6) is 6.31. The number of fused-ring (bicyclic) bond motifs is 1. The lowest BCUT2D eigenvalue weighted by Gasteiger charge is -2.23. The number of carbonyl (C=O) groups is 2. The first-order valence-corrected chi connectivity index (χ1v) is 12.1. The molecule has 190 valence electrons. The third-order valence-electron chi connectivity index (χ3n) is 6.17. The predicted octanol–water partition coefficient (Wildman–Crippen LogP) is 2.92. The number of nitrogen functional groups attached to an aromatic ring is 1. The third-order valence-corrected chi connectivity index (χ3v) is 6.17. The zero-order valence-electron chi connectivity index (χ0n) is 20.9. The Hall–Kier alpha value is -5.10. The van der Waals surface area contributed by atoms with E-state index in [4.69, 9.17) is 10.5 Å². The molecule has 3 aromatic carbocycles. The molecule has 2 amide bonds. The standard InChI is InChI=1S/C29H26N6O3/c1-18-26(32-28(36)27-31-25(33-34-27)17-19-7-4-3-5-8-19)29(37)35(2)23-16-21(13-14-24(23)38-18)12-11-20-9-6-10-22(30)15-20/h3-10,13-16,18,26H,17,30H2,1-2H3,(H,32,36)(H,31,33,34)/t18-,26+/m1/s1. The van der Waals surface area contributed by atoms with Crippen LogP contribution in [0.3, 0.4) is 0 Å². The second-order valence-corrected chi connectivity index (χ2v) is 9.00. The van der Waals surface area contributed by atoms with E-state index < -0.39 is 18.1 Å². The average molecular weight is 507 g/mol. The number of anilines is 2. The van der Waals surface area contributed by atoms with Gasteiger partial charge >= 0.3 is 0 Å². The summed E-state index contributed by atoms with van der Waals surface area (Å²) in [4.78, 5) is 32.1. The predicted molar refractivity (Wildman–Crippen MR) is 144 cm³/mol. The number of H-pyrrole nitrogens is 1. The van der Waals surface area contributed by atoms with Crippen molar-refractivity contribution in [1.29, 1.82) is 0 Å². The van der Waals surface area contributed by atoms with Gasteiger partial charge < -0.3 is 20.7 Å². The molecule has 1 aliphatic heterocycles. The molecule has 0 radical (unpaired) electrons. The van der Waals surface area contributed by atoms with Gasteiger partial charge in [-0.25, -0.2) is 4.98 Å². The minimum Gasteiger partial charge on any atom is -0.486 e. The monoisotopic (exact) mass is 506 g/mol. The highest BCUT2D eigenvalue weighted by Gasteiger charge is 2.36. The Balaban J connectivity index is 1.31. The van der Waals surface area contributed by atoms with Gasteiger partial charge in [0.25, 0.3) is 11.8 Å². The number of hydrogen-bond acceptors (Lipinski definition) is 6. The van der Waals surface area contributed by atoms with Crippen molar-refractivity contribution in [3.8, 4) is 17.6 Å². The van der Waals surface area contributed by atoms with E-state index in [1.165, 1.54) is 4.90 Å². The number of hydrogen-bond donors (Lipinski definition) is 3. The number of carbonyl (C=O) groups excluding carboxylic acids is 2. The van der Waals surface area contributed by atoms with Crippen LogP contribution >= 0.6 is 0 Å². The van der Waals surface area contributed by atoms with E-state index in [2.05, 4.69) is 32.3 Å². The SMILES string of the molecule is C[C@H]1Oc2ccc(C#Cc3cccc(N)c3)cc2N(C)C(=O)[C@H]1NC(=O)c1n[nH]c(Cc2ccccc2)n1. The Labute approximate surface area is 220 Å². The molecular formula is C29H26N6O3. The normalized spacial score (nSPS) is 16.5. The molecule has 0 saturated heterocycles. The molecule has 2 heterocycles. The lowest BCUT2D eigenvalue weighted by Crippen LogP contribution is -2.53. The molecule has 0 fully saturated rings. The Morgan fingerprint density at radius 2 is 1.84 bits per heavy atom. The summed E-state index contributed by atoms with van der Waals surface area (Å²) in [6.07, 6.45) is -0.133. The summed E-state index contributed by atoms with van der Waals surface area (Å²) in [6.45, 7) is 1.73. The summed E-state index contributed by atoms with van der Waals surface area (Å²) in [5.41, 5.74) is 9.55. The molecule has 5 rings (SSSR count). The van der Waals surface area contributed by atoms with Gasteiger partial charge in [0.05, 0.1) is 5.69 Å². The molecule has 4 aromatic rings. The number of rotatable bonds is 4. The number of benzene rings is 3. The second-order valence-electron chi connectivity index (χ2n) is 9.00. The van der Waals surface area contributed by atoms with Gasteiger partial charge in [0.2, 0.25) is 5.82 Å². The van der Waals surface area contributed by atoms with E-state index in [-0.39, 0.29) is 11.7 Å². The van der Waals surface area contributed by atoms with Crippen molar-refractivity contribution in [3.05, 3.63) is 101 Å². The molecule has 38 heavy (non-hydrogen) atoms. The number of nitrogens with two attached hydrogens (primary N) is 1. The van der Waals surface area contributed by atoms with Crippen molar-refractivity contribution in [2.24, 2.45) is 0 Å². The van der Waals surface area contributed by atoms with Gasteiger partial charge in [0.1, 0.15) is 23.7 Å². The van der Waals surface area contributed by atoms with Crippen molar-refractivity contribution < 1.29 is 14.3 Å². The lowest BCUT2D eigenvalue weighted by atomic mass is 10.1. The minimum atomic E-state index is -0.946. The number of ether oxygens (including phenoxy) is 1. The molecule has 9 heteroatoms. The van der Waals surface area contributed by atoms with Gasteiger partial charge in [-0.05, 0) is 48.9 Å². The van der Waals surface area contributed by atoms with Crippen LogP contribution in [-0.4, -0.2) is 46.2 Å². The first kappa shape index (κ1) is 24.6. The van der Waals surface area contributed by atoms with E-state index in [1.54, 1.807) is 38.2 Å². The number of aromatic nitrogens is 3. The zero-order valence-corrected chi connectivity index (χ0v) is 20.9. The largest absolute Gasteiger partial charge is 0.486 e. The summed E-state index contributed by atoms with van der Waals surface area (Å²) in [5, 5.41) is 9.57. The number of amides is 2. The highest BCUT2D eigenvalue weighted by atomic mass is 16.5. The zero-order chi connectivity index (χ0) is 26.6. The van der Waals surface area contributed by atoms with E-state index in [0.29, 0.717) is 34.9 Å². The number of aromatic amines is 1. The summed E-state index contributed by atoms with van der Waals surface area (Å²) in [7, 11) is 1.64. The van der Waals surface area contributed by atoms with Crippen LogP contribution in [0.1, 0.15) is 40.1 Å². The van der Waals surface area contributed by atoms with Gasteiger partial charge in [-0.1, -0.05) is 48.2 Å². The topological polar surface area (TPSA) is 126 Å². The van der Waals surface area contributed by atoms with E-state index >= 15 is 0 Å².